The third-order valence-electron chi connectivity index (χ3n) is 3.84. The van der Waals surface area contributed by atoms with E-state index in [0.29, 0.717) is 5.75 Å². The summed E-state index contributed by atoms with van der Waals surface area (Å²) in [7, 11) is 0. The first-order valence-electron chi connectivity index (χ1n) is 7.14. The van der Waals surface area contributed by atoms with Crippen LogP contribution in [0.3, 0.4) is 0 Å². The Balaban J connectivity index is 1.63. The molecule has 1 aromatic carbocycles. The van der Waals surface area contributed by atoms with Crippen molar-refractivity contribution in [3.8, 4) is 0 Å². The van der Waals surface area contributed by atoms with Crippen molar-refractivity contribution < 1.29 is 9.90 Å². The van der Waals surface area contributed by atoms with Gasteiger partial charge in [0.1, 0.15) is 0 Å². The van der Waals surface area contributed by atoms with Crippen LogP contribution in [-0.2, 0) is 10.5 Å². The molecule has 1 fully saturated rings. The third kappa shape index (κ3) is 4.84. The van der Waals surface area contributed by atoms with E-state index in [9.17, 15) is 4.79 Å². The summed E-state index contributed by atoms with van der Waals surface area (Å²) >= 11 is 1.65. The largest absolute Gasteiger partial charge is 0.396 e. The van der Waals surface area contributed by atoms with E-state index in [0.717, 1.165) is 31.6 Å². The summed E-state index contributed by atoms with van der Waals surface area (Å²) in [6.45, 7) is 3.02. The average Bonchev–Trinajstić information content (AvgIpc) is 3.17. The molecule has 1 aliphatic carbocycles. The van der Waals surface area contributed by atoms with Gasteiger partial charge >= 0.3 is 0 Å². The van der Waals surface area contributed by atoms with Gasteiger partial charge in [-0.3, -0.25) is 4.79 Å². The van der Waals surface area contributed by atoms with E-state index in [2.05, 4.69) is 36.5 Å². The monoisotopic (exact) mass is 293 g/mol. The molecule has 0 heterocycles. The van der Waals surface area contributed by atoms with Crippen LogP contribution in [0.1, 0.15) is 30.4 Å². The highest BCUT2D eigenvalue weighted by molar-refractivity contribution is 7.99. The van der Waals surface area contributed by atoms with Crippen LogP contribution < -0.4 is 5.32 Å². The Kier molecular flexibility index (Phi) is 5.49. The number of aliphatic hydroxyl groups is 1. The first-order valence-corrected chi connectivity index (χ1v) is 8.30. The van der Waals surface area contributed by atoms with Crippen LogP contribution >= 0.6 is 11.8 Å². The zero-order chi connectivity index (χ0) is 14.4. The molecule has 0 aliphatic heterocycles. The number of hydrogen-bond donors (Lipinski definition) is 2. The van der Waals surface area contributed by atoms with Gasteiger partial charge in [0.15, 0.2) is 0 Å². The van der Waals surface area contributed by atoms with Gasteiger partial charge in [-0.2, -0.15) is 0 Å². The average molecular weight is 293 g/mol. The minimum absolute atomic E-state index is 0.104. The molecular weight excluding hydrogens is 270 g/mol. The van der Waals surface area contributed by atoms with Crippen molar-refractivity contribution in [2.75, 3.05) is 18.9 Å². The second kappa shape index (κ2) is 7.14. The summed E-state index contributed by atoms with van der Waals surface area (Å²) in [6.07, 6.45) is 3.07. The molecule has 20 heavy (non-hydrogen) atoms. The van der Waals surface area contributed by atoms with Crippen LogP contribution in [0.25, 0.3) is 0 Å². The minimum Gasteiger partial charge on any atom is -0.396 e. The predicted octanol–water partition coefficient (Wildman–Crippen LogP) is 2.51. The van der Waals surface area contributed by atoms with Gasteiger partial charge in [0, 0.05) is 18.9 Å². The van der Waals surface area contributed by atoms with Crippen molar-refractivity contribution in [2.45, 2.75) is 31.9 Å². The van der Waals surface area contributed by atoms with Gasteiger partial charge in [-0.15, -0.1) is 11.8 Å². The third-order valence-corrected chi connectivity index (χ3v) is 4.85. The molecule has 0 radical (unpaired) electrons. The fourth-order valence-electron chi connectivity index (χ4n) is 2.33. The molecule has 2 N–H and O–H groups in total. The van der Waals surface area contributed by atoms with E-state index in [-0.39, 0.29) is 17.9 Å². The molecule has 0 aromatic heterocycles. The van der Waals surface area contributed by atoms with Gasteiger partial charge in [-0.25, -0.2) is 0 Å². The fraction of sp³-hybridized carbons (Fsp3) is 0.562. The molecule has 1 saturated carbocycles. The maximum Gasteiger partial charge on any atom is 0.230 e. The highest BCUT2D eigenvalue weighted by Gasteiger charge is 2.41. The van der Waals surface area contributed by atoms with Crippen molar-refractivity contribution in [1.82, 2.24) is 5.32 Å². The maximum atomic E-state index is 11.8. The number of benzene rings is 1. The minimum atomic E-state index is 0.104. The molecule has 1 aliphatic rings. The van der Waals surface area contributed by atoms with Gasteiger partial charge in [0.25, 0.3) is 0 Å². The SMILES string of the molecule is Cc1cccc(CSCC(=O)NCC2(CCO)CC2)c1. The number of nitrogens with one attached hydrogen (secondary N) is 1. The number of thioether (sulfide) groups is 1. The van der Waals surface area contributed by atoms with Crippen LogP contribution in [-0.4, -0.2) is 29.9 Å². The molecule has 3 nitrogen and oxygen atoms in total. The summed E-state index contributed by atoms with van der Waals surface area (Å²) in [6, 6.07) is 8.39. The van der Waals surface area contributed by atoms with Crippen LogP contribution in [0.15, 0.2) is 24.3 Å². The number of carbonyl (C=O) groups excluding carboxylic acids is 1. The Bertz CT molecular complexity index is 458. The Labute approximate surface area is 125 Å². The van der Waals surface area contributed by atoms with E-state index in [1.807, 2.05) is 0 Å². The zero-order valence-electron chi connectivity index (χ0n) is 12.0. The zero-order valence-corrected chi connectivity index (χ0v) is 12.8. The molecule has 1 amide bonds. The first kappa shape index (κ1) is 15.4. The predicted molar refractivity (Wildman–Crippen MR) is 83.7 cm³/mol. The summed E-state index contributed by atoms with van der Waals surface area (Å²) < 4.78 is 0. The van der Waals surface area contributed by atoms with Crippen LogP contribution in [0.5, 0.6) is 0 Å². The lowest BCUT2D eigenvalue weighted by Crippen LogP contribution is -2.31. The van der Waals surface area contributed by atoms with Gasteiger partial charge in [0.2, 0.25) is 5.91 Å². The van der Waals surface area contributed by atoms with Crippen molar-refractivity contribution >= 4 is 17.7 Å². The summed E-state index contributed by atoms with van der Waals surface area (Å²) in [5.74, 6) is 1.48. The number of aliphatic hydroxyl groups excluding tert-OH is 1. The van der Waals surface area contributed by atoms with Crippen molar-refractivity contribution in [3.63, 3.8) is 0 Å². The van der Waals surface area contributed by atoms with Crippen molar-refractivity contribution in [1.29, 1.82) is 0 Å². The van der Waals surface area contributed by atoms with E-state index >= 15 is 0 Å². The molecule has 0 spiro atoms. The summed E-state index contributed by atoms with van der Waals surface area (Å²) in [5, 5.41) is 12.0. The van der Waals surface area contributed by atoms with Crippen molar-refractivity contribution in [3.05, 3.63) is 35.4 Å². The molecule has 0 atom stereocenters. The second-order valence-corrected chi connectivity index (χ2v) is 6.72. The smallest absolute Gasteiger partial charge is 0.230 e. The Morgan fingerprint density at radius 1 is 1.45 bits per heavy atom. The summed E-state index contributed by atoms with van der Waals surface area (Å²) in [5.41, 5.74) is 2.72. The van der Waals surface area contributed by atoms with E-state index in [1.54, 1.807) is 11.8 Å². The lowest BCUT2D eigenvalue weighted by Gasteiger charge is -2.14. The van der Waals surface area contributed by atoms with Gasteiger partial charge < -0.3 is 10.4 Å². The Hall–Kier alpha value is -1.00. The first-order chi connectivity index (χ1) is 9.63. The summed E-state index contributed by atoms with van der Waals surface area (Å²) in [4.78, 5) is 11.8. The number of hydrogen-bond acceptors (Lipinski definition) is 3. The number of carbonyl (C=O) groups is 1. The van der Waals surface area contributed by atoms with E-state index < -0.39 is 0 Å². The van der Waals surface area contributed by atoms with E-state index in [1.165, 1.54) is 11.1 Å². The van der Waals surface area contributed by atoms with Crippen LogP contribution in [0, 0.1) is 12.3 Å². The Morgan fingerprint density at radius 3 is 2.90 bits per heavy atom. The topological polar surface area (TPSA) is 49.3 Å². The standard InChI is InChI=1S/C16H23NO2S/c1-13-3-2-4-14(9-13)10-20-11-15(19)17-12-16(5-6-16)7-8-18/h2-4,9,18H,5-8,10-12H2,1H3,(H,17,19). The quantitative estimate of drug-likeness (QED) is 0.774. The molecule has 0 unspecified atom stereocenters. The molecular formula is C16H23NO2S. The van der Waals surface area contributed by atoms with Gasteiger partial charge in [0.05, 0.1) is 5.75 Å². The molecule has 110 valence electrons. The normalized spacial score (nSPS) is 15.9. The molecule has 2 rings (SSSR count). The Morgan fingerprint density at radius 2 is 2.25 bits per heavy atom. The van der Waals surface area contributed by atoms with Crippen LogP contribution in [0.4, 0.5) is 0 Å². The highest BCUT2D eigenvalue weighted by Crippen LogP contribution is 2.47. The van der Waals surface area contributed by atoms with Gasteiger partial charge in [-0.1, -0.05) is 29.8 Å². The molecule has 0 saturated heterocycles. The number of amides is 1. The lowest BCUT2D eigenvalue weighted by molar-refractivity contribution is -0.118. The maximum absolute atomic E-state index is 11.8. The highest BCUT2D eigenvalue weighted by atomic mass is 32.2. The number of rotatable bonds is 8. The fourth-order valence-corrected chi connectivity index (χ4v) is 3.13. The second-order valence-electron chi connectivity index (χ2n) is 5.73. The molecule has 1 aromatic rings. The van der Waals surface area contributed by atoms with Crippen LogP contribution in [0.2, 0.25) is 0 Å². The molecule has 0 bridgehead atoms. The van der Waals surface area contributed by atoms with Crippen molar-refractivity contribution in [2.24, 2.45) is 5.41 Å². The lowest BCUT2D eigenvalue weighted by atomic mass is 10.0. The van der Waals surface area contributed by atoms with Gasteiger partial charge in [-0.05, 0) is 37.2 Å². The van der Waals surface area contributed by atoms with E-state index in [4.69, 9.17) is 5.11 Å². The number of aryl methyl sites for hydroxylation is 1. The molecule has 4 heteroatoms.